The van der Waals surface area contributed by atoms with E-state index in [1.54, 1.807) is 0 Å². The Balaban J connectivity index is 1.70. The standard InChI is InChI=1S/C43H76N5O8PS2/c1-8-9-10-11-12-13-14-15-16-17-18-19-20-23-29-47(39(50)25-22-21-24-36-27-32-58-59-36)53-33-37-40(56-57(54-31-28-44-6)48(34(2)3)35(4)5)41(52-7)42(55-37)46-30-26-38(49)45-43(46)51/h26,30,34-37,40-42H,8-25,27-29,31-33H2,1-5,7H3,(H,45,49,51)/t36-,37-,40?,41+,42-,57?/m1/s1. The minimum absolute atomic E-state index is 0.0337. The van der Waals surface area contributed by atoms with Gasteiger partial charge < -0.3 is 23.4 Å². The van der Waals surface area contributed by atoms with Crippen LogP contribution in [0.3, 0.4) is 0 Å². The van der Waals surface area contributed by atoms with Gasteiger partial charge in [0.15, 0.2) is 6.23 Å². The summed E-state index contributed by atoms with van der Waals surface area (Å²) in [5, 5.41) is 2.19. The number of hydrogen-bond donors (Lipinski definition) is 1. The van der Waals surface area contributed by atoms with E-state index in [9.17, 15) is 14.4 Å². The molecule has 0 aromatic carbocycles. The molecule has 1 aromatic rings. The van der Waals surface area contributed by atoms with Crippen molar-refractivity contribution in [2.75, 3.05) is 39.2 Å². The molecule has 1 aromatic heterocycles. The number of hydrogen-bond acceptors (Lipinski definition) is 11. The summed E-state index contributed by atoms with van der Waals surface area (Å²) in [5.74, 6) is 1.16. The molecule has 0 aliphatic carbocycles. The quantitative estimate of drug-likeness (QED) is 0.0238. The van der Waals surface area contributed by atoms with E-state index in [0.29, 0.717) is 18.2 Å². The number of nitrogens with one attached hydrogen (secondary N) is 1. The predicted octanol–water partition coefficient (Wildman–Crippen LogP) is 10.1. The van der Waals surface area contributed by atoms with Crippen molar-refractivity contribution in [3.8, 4) is 0 Å². The van der Waals surface area contributed by atoms with Crippen LogP contribution in [0.4, 0.5) is 0 Å². The van der Waals surface area contributed by atoms with E-state index in [1.807, 2.05) is 21.6 Å². The number of hydroxylamine groups is 2. The third-order valence-electron chi connectivity index (χ3n) is 10.8. The number of aromatic amines is 1. The molecule has 13 nitrogen and oxygen atoms in total. The Bertz CT molecular complexity index is 1430. The van der Waals surface area contributed by atoms with E-state index < -0.39 is 44.3 Å². The zero-order chi connectivity index (χ0) is 42.8. The van der Waals surface area contributed by atoms with Crippen molar-refractivity contribution >= 4 is 36.0 Å². The summed E-state index contributed by atoms with van der Waals surface area (Å²) in [4.78, 5) is 51.0. The van der Waals surface area contributed by atoms with Gasteiger partial charge in [-0.15, -0.1) is 0 Å². The van der Waals surface area contributed by atoms with Gasteiger partial charge in [0.25, 0.3) is 14.1 Å². The highest BCUT2D eigenvalue weighted by molar-refractivity contribution is 8.77. The Hall–Kier alpha value is -1.47. The first-order valence-electron chi connectivity index (χ1n) is 22.5. The first-order valence-corrected chi connectivity index (χ1v) is 26.0. The van der Waals surface area contributed by atoms with E-state index >= 15 is 0 Å². The van der Waals surface area contributed by atoms with Gasteiger partial charge in [0.05, 0.1) is 0 Å². The van der Waals surface area contributed by atoms with Crippen molar-refractivity contribution in [3.63, 3.8) is 0 Å². The number of nitrogens with zero attached hydrogens (tertiary/aromatic N) is 4. The first-order chi connectivity index (χ1) is 28.6. The number of carbonyl (C=O) groups excluding carboxylic acids is 1. The second-order valence-corrected chi connectivity index (χ2v) is 20.5. The lowest BCUT2D eigenvalue weighted by Gasteiger charge is -2.38. The maximum atomic E-state index is 13.8. The summed E-state index contributed by atoms with van der Waals surface area (Å²) in [6.45, 7) is 18.6. The van der Waals surface area contributed by atoms with Gasteiger partial charge in [-0.05, 0) is 53.4 Å². The van der Waals surface area contributed by atoms with Gasteiger partial charge in [-0.1, -0.05) is 118 Å². The van der Waals surface area contributed by atoms with E-state index in [-0.39, 0.29) is 37.7 Å². The lowest BCUT2D eigenvalue weighted by molar-refractivity contribution is -0.202. The van der Waals surface area contributed by atoms with Gasteiger partial charge in [0.2, 0.25) is 12.5 Å². The van der Waals surface area contributed by atoms with E-state index in [0.717, 1.165) is 38.5 Å². The normalized spacial score (nSPS) is 21.2. The molecule has 59 heavy (non-hydrogen) atoms. The second kappa shape index (κ2) is 30.6. The van der Waals surface area contributed by atoms with Gasteiger partial charge in [-0.3, -0.25) is 24.0 Å². The number of aromatic nitrogens is 2. The molecule has 1 N–H and O–H groups in total. The maximum absolute atomic E-state index is 13.8. The Morgan fingerprint density at radius 3 is 2.17 bits per heavy atom. The molecule has 3 rings (SSSR count). The third kappa shape index (κ3) is 19.2. The molecule has 0 spiro atoms. The monoisotopic (exact) mass is 885 g/mol. The Morgan fingerprint density at radius 1 is 0.966 bits per heavy atom. The number of methoxy groups -OCH3 is 1. The van der Waals surface area contributed by atoms with Crippen LogP contribution < -0.4 is 11.2 Å². The van der Waals surface area contributed by atoms with Crippen molar-refractivity contribution < 1.29 is 28.2 Å². The molecule has 1 amide bonds. The fraction of sp³-hybridized carbons (Fsp3) is 0.860. The fourth-order valence-corrected chi connectivity index (χ4v) is 12.5. The van der Waals surface area contributed by atoms with Crippen molar-refractivity contribution in [2.24, 2.45) is 0 Å². The van der Waals surface area contributed by atoms with Crippen molar-refractivity contribution in [3.05, 3.63) is 44.5 Å². The average molecular weight is 886 g/mol. The van der Waals surface area contributed by atoms with Gasteiger partial charge in [0.1, 0.15) is 31.5 Å². The highest BCUT2D eigenvalue weighted by atomic mass is 33.1. The molecule has 2 fully saturated rings. The minimum atomic E-state index is -1.72. The highest BCUT2D eigenvalue weighted by Crippen LogP contribution is 2.50. The summed E-state index contributed by atoms with van der Waals surface area (Å²) < 4.78 is 29.0. The van der Waals surface area contributed by atoms with Gasteiger partial charge >= 0.3 is 5.69 Å². The van der Waals surface area contributed by atoms with Crippen LogP contribution >= 0.6 is 30.1 Å². The second-order valence-electron chi connectivity index (χ2n) is 16.3. The molecule has 3 heterocycles. The lowest BCUT2D eigenvalue weighted by Crippen LogP contribution is -2.43. The average Bonchev–Trinajstić information content (AvgIpc) is 3.85. The van der Waals surface area contributed by atoms with E-state index in [1.165, 1.54) is 112 Å². The summed E-state index contributed by atoms with van der Waals surface area (Å²) in [5.41, 5.74) is -1.17. The number of carbonyl (C=O) groups is 1. The van der Waals surface area contributed by atoms with Crippen LogP contribution in [-0.2, 0) is 28.2 Å². The molecule has 2 aliphatic heterocycles. The van der Waals surface area contributed by atoms with Gasteiger partial charge in [0, 0.05) is 55.4 Å². The number of H-pyrrole nitrogens is 1. The molecular weight excluding hydrogens is 810 g/mol. The van der Waals surface area contributed by atoms with Crippen LogP contribution in [0.2, 0.25) is 0 Å². The molecule has 0 radical (unpaired) electrons. The zero-order valence-corrected chi connectivity index (χ0v) is 39.5. The van der Waals surface area contributed by atoms with Crippen LogP contribution in [-0.4, -0.2) is 100 Å². The lowest BCUT2D eigenvalue weighted by atomic mass is 10.0. The molecule has 2 unspecified atom stereocenters. The summed E-state index contributed by atoms with van der Waals surface area (Å²) in [6.07, 6.45) is 20.1. The van der Waals surface area contributed by atoms with Crippen LogP contribution in [0.5, 0.6) is 0 Å². The number of unbranched alkanes of at least 4 members (excludes halogenated alkanes) is 14. The molecule has 6 atom stereocenters. The Labute approximate surface area is 364 Å². The largest absolute Gasteiger partial charge is 0.374 e. The van der Waals surface area contributed by atoms with Gasteiger partial charge in [-0.25, -0.2) is 21.1 Å². The highest BCUT2D eigenvalue weighted by Gasteiger charge is 2.50. The predicted molar refractivity (Wildman–Crippen MR) is 242 cm³/mol. The summed E-state index contributed by atoms with van der Waals surface area (Å²) in [6, 6.07) is 1.36. The fourth-order valence-electron chi connectivity index (χ4n) is 7.68. The van der Waals surface area contributed by atoms with Gasteiger partial charge in [-0.2, -0.15) is 0 Å². The third-order valence-corrected chi connectivity index (χ3v) is 16.0. The smallest absolute Gasteiger partial charge is 0.330 e. The van der Waals surface area contributed by atoms with Crippen LogP contribution in [0.15, 0.2) is 21.9 Å². The Morgan fingerprint density at radius 2 is 1.61 bits per heavy atom. The Kier molecular flexibility index (Phi) is 26.9. The molecular formula is C43H76N5O8PS2. The number of amides is 1. The molecule has 0 saturated carbocycles. The van der Waals surface area contributed by atoms with Crippen molar-refractivity contribution in [2.45, 2.75) is 198 Å². The van der Waals surface area contributed by atoms with Crippen LogP contribution in [0, 0.1) is 6.57 Å². The molecule has 16 heteroatoms. The van der Waals surface area contributed by atoms with E-state index in [4.69, 9.17) is 29.9 Å². The topological polar surface area (TPSA) is 129 Å². The van der Waals surface area contributed by atoms with Crippen LogP contribution in [0.1, 0.15) is 163 Å². The van der Waals surface area contributed by atoms with E-state index in [2.05, 4.69) is 49.1 Å². The molecule has 2 aliphatic rings. The van der Waals surface area contributed by atoms with Crippen molar-refractivity contribution in [1.29, 1.82) is 0 Å². The zero-order valence-electron chi connectivity index (χ0n) is 37.0. The first kappa shape index (κ1) is 51.9. The SMILES string of the molecule is [C-]#[N+]CCOP(OC1[C@@H](CON(CCCCCCCCCCCCCCCC)C(=O)CCCC[C@@H]2CCSS2)O[C@@H](n2ccc(=O)[nH]c2=O)[C@H]1OC)N(C(C)C)C(C)C. The number of rotatable bonds is 33. The molecule has 0 bridgehead atoms. The van der Waals surface area contributed by atoms with Crippen molar-refractivity contribution in [1.82, 2.24) is 19.3 Å². The van der Waals surface area contributed by atoms with Crippen LogP contribution in [0.25, 0.3) is 4.85 Å². The maximum Gasteiger partial charge on any atom is 0.330 e. The summed E-state index contributed by atoms with van der Waals surface area (Å²) >= 11 is 0. The summed E-state index contributed by atoms with van der Waals surface area (Å²) in [7, 11) is 3.72. The molecule has 2 saturated heterocycles. The minimum Gasteiger partial charge on any atom is -0.374 e. The number of ether oxygens (including phenoxy) is 2. The molecule has 338 valence electrons.